The van der Waals surface area contributed by atoms with Crippen molar-refractivity contribution >= 4 is 53.7 Å². The average Bonchev–Trinajstić information content (AvgIpc) is 3.39. The Balaban J connectivity index is 0.000000443. The number of H-pyrrole nitrogens is 2. The maximum Gasteiger partial charge on any atom is 2.00 e. The Morgan fingerprint density at radius 2 is 0.862 bits per heavy atom. The van der Waals surface area contributed by atoms with Gasteiger partial charge in [-0.05, 0) is 72.8 Å². The molecule has 3 N–H and O–H groups in total. The molecule has 2 aliphatic heterocycles. The molecule has 0 aliphatic carbocycles. The summed E-state index contributed by atoms with van der Waals surface area (Å²) in [7, 11) is -2.67. The first kappa shape index (κ1) is 20.9. The second-order valence-electron chi connectivity index (χ2n) is 6.21. The Hall–Kier alpha value is -2.83. The molecule has 3 aromatic heterocycles. The summed E-state index contributed by atoms with van der Waals surface area (Å²) in [4.78, 5) is 16.0. The van der Waals surface area contributed by atoms with Crippen molar-refractivity contribution < 1.29 is 34.6 Å². The monoisotopic (exact) mass is 434 g/mol. The summed E-state index contributed by atoms with van der Waals surface area (Å²) >= 11 is 0. The van der Waals surface area contributed by atoms with E-state index < -0.39 is 7.32 Å². The molecule has 0 saturated carbocycles. The molecule has 0 saturated heterocycles. The number of nitrogens with zero attached hydrogens (tertiary/aromatic N) is 2. The zero-order chi connectivity index (χ0) is 19.5. The van der Waals surface area contributed by atoms with Gasteiger partial charge in [0, 0.05) is 22.1 Å². The van der Waals surface area contributed by atoms with Crippen LogP contribution in [0.5, 0.6) is 0 Å². The van der Waals surface area contributed by atoms with E-state index in [0.29, 0.717) is 0 Å². The van der Waals surface area contributed by atoms with Crippen LogP contribution in [0.4, 0.5) is 0 Å². The minimum absolute atomic E-state index is 0. The number of hydrogen-bond donors (Lipinski definition) is 3. The number of aromatic nitrogens is 4. The van der Waals surface area contributed by atoms with Crippen LogP contribution >= 0.6 is 0 Å². The van der Waals surface area contributed by atoms with Gasteiger partial charge < -0.3 is 25.0 Å². The third kappa shape index (κ3) is 5.59. The molecule has 138 valence electrons. The average molecular weight is 436 g/mol. The maximum atomic E-state index is 8.53. The molecule has 0 amide bonds. The Morgan fingerprint density at radius 1 is 0.621 bits per heavy atom. The number of nitrogens with one attached hydrogen (secondary N) is 2. The van der Waals surface area contributed by atoms with E-state index in [2.05, 4.69) is 44.2 Å². The van der Waals surface area contributed by atoms with Gasteiger partial charge >= 0.3 is 19.5 Å². The number of aromatic amines is 2. The van der Waals surface area contributed by atoms with Crippen molar-refractivity contribution in [2.75, 3.05) is 0 Å². The third-order valence-corrected chi connectivity index (χ3v) is 4.04. The van der Waals surface area contributed by atoms with E-state index >= 15 is 0 Å². The Morgan fingerprint density at radius 3 is 1.10 bits per heavy atom. The van der Waals surface area contributed by atoms with Gasteiger partial charge in [-0.2, -0.15) is 0 Å². The van der Waals surface area contributed by atoms with E-state index in [9.17, 15) is 0 Å². The Labute approximate surface area is 179 Å². The summed E-state index contributed by atoms with van der Waals surface area (Å²) < 4.78 is 0. The van der Waals surface area contributed by atoms with Crippen LogP contribution in [0.15, 0.2) is 48.5 Å². The second-order valence-corrected chi connectivity index (χ2v) is 6.21. The van der Waals surface area contributed by atoms with Gasteiger partial charge in [-0.25, -0.2) is 9.97 Å². The molecule has 0 atom stereocenters. The van der Waals surface area contributed by atoms with Gasteiger partial charge in [0.1, 0.15) is 0 Å². The fourth-order valence-corrected chi connectivity index (χ4v) is 2.94. The van der Waals surface area contributed by atoms with E-state index in [-0.39, 0.29) is 19.5 Å². The molecule has 0 unspecified atom stereocenters. The number of rotatable bonds is 0. The number of fused-ring (bicyclic) bond motifs is 8. The Kier molecular flexibility index (Phi) is 6.56. The van der Waals surface area contributed by atoms with Crippen molar-refractivity contribution in [2.45, 2.75) is 0 Å². The molecular weight excluding hydrogens is 420 g/mol. The van der Waals surface area contributed by atoms with Gasteiger partial charge in [0.15, 0.2) is 0 Å². The summed E-state index contributed by atoms with van der Waals surface area (Å²) in [5.41, 5.74) is 7.86. The second kappa shape index (κ2) is 9.11. The van der Waals surface area contributed by atoms with E-state index in [1.165, 1.54) is 0 Å². The molecule has 9 heteroatoms. The summed E-state index contributed by atoms with van der Waals surface area (Å²) in [6, 6.07) is 16.4. The molecule has 0 fully saturated rings. The molecule has 0 aromatic carbocycles. The summed E-state index contributed by atoms with van der Waals surface area (Å²) in [5, 5.41) is 24.0. The molecule has 5 heterocycles. The van der Waals surface area contributed by atoms with Crippen molar-refractivity contribution in [3.63, 3.8) is 0 Å². The zero-order valence-corrected chi connectivity index (χ0v) is 18.3. The van der Waals surface area contributed by atoms with Gasteiger partial charge in [-0.3, -0.25) is 0 Å². The van der Waals surface area contributed by atoms with Gasteiger partial charge in [0.2, 0.25) is 0 Å². The van der Waals surface area contributed by atoms with Gasteiger partial charge in [0.25, 0.3) is 0 Å². The SMILES string of the molecule is C1=Cc2cc3ccc(cc4nc(cc5ccc(cc1n2)[nH]5)C=C4)[nH]3.[O-]B([O-])O.[Zn+2]. The molecule has 3 aromatic rings. The maximum absolute atomic E-state index is 8.53. The first-order chi connectivity index (χ1) is 13.5. The number of hydrogen-bond acceptors (Lipinski definition) is 5. The van der Waals surface area contributed by atoms with Crippen molar-refractivity contribution in [1.29, 1.82) is 0 Å². The summed E-state index contributed by atoms with van der Waals surface area (Å²) in [6.45, 7) is 0. The van der Waals surface area contributed by atoms with Gasteiger partial charge in [0.05, 0.1) is 30.1 Å². The normalized spacial score (nSPS) is 11.4. The Bertz CT molecular complexity index is 1050. The van der Waals surface area contributed by atoms with Crippen molar-refractivity contribution in [3.05, 3.63) is 71.3 Å². The largest absolute Gasteiger partial charge is 2.00 e. The quantitative estimate of drug-likeness (QED) is 0.317. The van der Waals surface area contributed by atoms with Crippen molar-refractivity contribution in [2.24, 2.45) is 0 Å². The molecule has 8 bridgehead atoms. The van der Waals surface area contributed by atoms with Crippen LogP contribution in [-0.2, 0) is 19.5 Å². The predicted molar refractivity (Wildman–Crippen MR) is 107 cm³/mol. The van der Waals surface area contributed by atoms with Crippen LogP contribution in [0.25, 0.3) is 46.4 Å². The molecule has 0 spiro atoms. The summed E-state index contributed by atoms with van der Waals surface area (Å²) in [6.07, 6.45) is 8.09. The predicted octanol–water partition coefficient (Wildman–Crippen LogP) is 1.34. The van der Waals surface area contributed by atoms with E-state index in [1.807, 2.05) is 48.6 Å². The zero-order valence-electron chi connectivity index (χ0n) is 15.4. The van der Waals surface area contributed by atoms with Crippen LogP contribution < -0.4 is 10.0 Å². The molecule has 5 rings (SSSR count). The van der Waals surface area contributed by atoms with Crippen LogP contribution in [0.3, 0.4) is 0 Å². The standard InChI is InChI=1S/C20H14N4.BHO3.Zn/c1-2-14-10-16-5-6-18(23-16)12-20-8-7-19(24-20)11-17-4-3-15(22-17)9-13(1)21-14;2-1(3)4;/h1-12,21,24H;2H;/q;-2;+2. The topological polar surface area (TPSA) is 124 Å². The molecule has 29 heavy (non-hydrogen) atoms. The smallest absolute Gasteiger partial charge is 0.871 e. The van der Waals surface area contributed by atoms with Crippen LogP contribution in [-0.4, -0.2) is 32.3 Å². The fraction of sp³-hybridized carbons (Fsp3) is 0. The van der Waals surface area contributed by atoms with Gasteiger partial charge in [-0.15, -0.1) is 0 Å². The fourth-order valence-electron chi connectivity index (χ4n) is 2.94. The van der Waals surface area contributed by atoms with Crippen LogP contribution in [0, 0.1) is 0 Å². The summed E-state index contributed by atoms with van der Waals surface area (Å²) in [5.74, 6) is 0. The van der Waals surface area contributed by atoms with Crippen LogP contribution in [0.2, 0.25) is 0 Å². The van der Waals surface area contributed by atoms with E-state index in [1.54, 1.807) is 0 Å². The van der Waals surface area contributed by atoms with Crippen molar-refractivity contribution in [3.8, 4) is 0 Å². The molecular formula is C20H15BN4O3Zn. The first-order valence-corrected chi connectivity index (χ1v) is 8.58. The minimum Gasteiger partial charge on any atom is -0.871 e. The van der Waals surface area contributed by atoms with Gasteiger partial charge in [-0.1, -0.05) is 0 Å². The van der Waals surface area contributed by atoms with E-state index in [0.717, 1.165) is 44.8 Å². The third-order valence-electron chi connectivity index (χ3n) is 4.04. The van der Waals surface area contributed by atoms with Crippen LogP contribution in [0.1, 0.15) is 22.8 Å². The van der Waals surface area contributed by atoms with Crippen molar-refractivity contribution in [1.82, 2.24) is 19.9 Å². The first-order valence-electron chi connectivity index (χ1n) is 8.58. The molecule has 0 radical (unpaired) electrons. The molecule has 2 aliphatic rings. The minimum atomic E-state index is -2.67. The van der Waals surface area contributed by atoms with E-state index in [4.69, 9.17) is 15.1 Å². The molecule has 7 nitrogen and oxygen atoms in total.